The molecule has 0 saturated carbocycles. The highest BCUT2D eigenvalue weighted by molar-refractivity contribution is 5.76. The maximum Gasteiger partial charge on any atom is 0.101 e. The molecule has 0 aromatic heterocycles. The summed E-state index contributed by atoms with van der Waals surface area (Å²) in [4.78, 5) is 2.32. The van der Waals surface area contributed by atoms with E-state index in [-0.39, 0.29) is 0 Å². The Morgan fingerprint density at radius 2 is 2.07 bits per heavy atom. The van der Waals surface area contributed by atoms with Gasteiger partial charge in [-0.3, -0.25) is 0 Å². The van der Waals surface area contributed by atoms with Gasteiger partial charge in [-0.25, -0.2) is 0 Å². The molecule has 0 radical (unpaired) electrons. The number of anilines is 2. The first kappa shape index (κ1) is 9.38. The molecule has 76 valence electrons. The van der Waals surface area contributed by atoms with Crippen LogP contribution in [0.3, 0.4) is 0 Å². The molecule has 0 saturated heterocycles. The number of hydrogen-bond donors (Lipinski definition) is 1. The van der Waals surface area contributed by atoms with Crippen molar-refractivity contribution in [2.45, 2.75) is 26.9 Å². The van der Waals surface area contributed by atoms with Gasteiger partial charge in [-0.05, 0) is 30.5 Å². The first-order chi connectivity index (χ1) is 6.59. The molecule has 1 aliphatic rings. The van der Waals surface area contributed by atoms with Crippen LogP contribution in [0.2, 0.25) is 0 Å². The Kier molecular flexibility index (Phi) is 2.14. The summed E-state index contributed by atoms with van der Waals surface area (Å²) < 4.78 is 0. The number of nitrogens with one attached hydrogen (secondary N) is 1. The summed E-state index contributed by atoms with van der Waals surface area (Å²) in [5.41, 5.74) is 3.90. The van der Waals surface area contributed by atoms with Crippen LogP contribution in [-0.4, -0.2) is 13.2 Å². The Morgan fingerprint density at radius 3 is 2.71 bits per heavy atom. The van der Waals surface area contributed by atoms with E-state index >= 15 is 0 Å². The van der Waals surface area contributed by atoms with Crippen LogP contribution in [0.25, 0.3) is 0 Å². The van der Waals surface area contributed by atoms with Crippen molar-refractivity contribution in [1.82, 2.24) is 0 Å². The zero-order valence-corrected chi connectivity index (χ0v) is 9.33. The molecule has 2 heteroatoms. The zero-order chi connectivity index (χ0) is 10.3. The first-order valence-corrected chi connectivity index (χ1v) is 5.19. The normalized spacial score (nSPS) is 19.8. The van der Waals surface area contributed by atoms with Crippen molar-refractivity contribution in [2.75, 3.05) is 17.3 Å². The average molecular weight is 190 g/mol. The zero-order valence-electron chi connectivity index (χ0n) is 9.33. The van der Waals surface area contributed by atoms with Crippen LogP contribution in [0, 0.1) is 12.8 Å². The molecule has 2 nitrogen and oxygen atoms in total. The molecular weight excluding hydrogens is 172 g/mol. The highest BCUT2D eigenvalue weighted by Crippen LogP contribution is 2.35. The van der Waals surface area contributed by atoms with E-state index in [1.165, 1.54) is 16.9 Å². The smallest absolute Gasteiger partial charge is 0.101 e. The second kappa shape index (κ2) is 3.19. The van der Waals surface area contributed by atoms with Gasteiger partial charge in [0.25, 0.3) is 0 Å². The van der Waals surface area contributed by atoms with Crippen LogP contribution in [0.5, 0.6) is 0 Å². The SMILES string of the molecule is Cc1ccc2c(c1)NC(C(C)C)N2C. The number of rotatable bonds is 1. The number of benzene rings is 1. The van der Waals surface area contributed by atoms with E-state index in [1.807, 2.05) is 0 Å². The topological polar surface area (TPSA) is 15.3 Å². The minimum absolute atomic E-state index is 0.437. The lowest BCUT2D eigenvalue weighted by Crippen LogP contribution is -2.36. The monoisotopic (exact) mass is 190 g/mol. The van der Waals surface area contributed by atoms with E-state index in [2.05, 4.69) is 56.2 Å². The molecule has 1 N–H and O–H groups in total. The Bertz CT molecular complexity index is 344. The van der Waals surface area contributed by atoms with E-state index in [1.54, 1.807) is 0 Å². The lowest BCUT2D eigenvalue weighted by Gasteiger charge is -2.25. The highest BCUT2D eigenvalue weighted by atomic mass is 15.3. The molecule has 1 aromatic carbocycles. The minimum Gasteiger partial charge on any atom is -0.363 e. The van der Waals surface area contributed by atoms with Crippen LogP contribution in [0.15, 0.2) is 18.2 Å². The molecule has 1 heterocycles. The lowest BCUT2D eigenvalue weighted by atomic mass is 10.1. The molecule has 0 spiro atoms. The van der Waals surface area contributed by atoms with Crippen molar-refractivity contribution < 1.29 is 0 Å². The second-order valence-electron chi connectivity index (χ2n) is 4.46. The van der Waals surface area contributed by atoms with Gasteiger partial charge in [-0.15, -0.1) is 0 Å². The van der Waals surface area contributed by atoms with Crippen LogP contribution >= 0.6 is 0 Å². The van der Waals surface area contributed by atoms with Gasteiger partial charge in [-0.1, -0.05) is 19.9 Å². The molecule has 0 aliphatic carbocycles. The Balaban J connectivity index is 2.35. The summed E-state index contributed by atoms with van der Waals surface area (Å²) in [5.74, 6) is 0.618. The van der Waals surface area contributed by atoms with Gasteiger partial charge in [0.15, 0.2) is 0 Å². The number of nitrogens with zero attached hydrogens (tertiary/aromatic N) is 1. The summed E-state index contributed by atoms with van der Waals surface area (Å²) in [6.07, 6.45) is 0.437. The molecule has 0 bridgehead atoms. The largest absolute Gasteiger partial charge is 0.363 e. The fourth-order valence-corrected chi connectivity index (χ4v) is 2.09. The van der Waals surface area contributed by atoms with Gasteiger partial charge in [0.2, 0.25) is 0 Å². The summed E-state index contributed by atoms with van der Waals surface area (Å²) in [6, 6.07) is 6.58. The Hall–Kier alpha value is -1.18. The quantitative estimate of drug-likeness (QED) is 0.732. The van der Waals surface area contributed by atoms with Gasteiger partial charge in [0, 0.05) is 7.05 Å². The average Bonchev–Trinajstić information content (AvgIpc) is 2.43. The van der Waals surface area contributed by atoms with E-state index in [0.717, 1.165) is 0 Å². The van der Waals surface area contributed by atoms with Crippen LogP contribution in [-0.2, 0) is 0 Å². The van der Waals surface area contributed by atoms with Crippen molar-refractivity contribution in [3.8, 4) is 0 Å². The van der Waals surface area contributed by atoms with Crippen LogP contribution < -0.4 is 10.2 Å². The maximum absolute atomic E-state index is 3.55. The predicted molar refractivity (Wildman–Crippen MR) is 61.8 cm³/mol. The number of fused-ring (bicyclic) bond motifs is 1. The fraction of sp³-hybridized carbons (Fsp3) is 0.500. The first-order valence-electron chi connectivity index (χ1n) is 5.19. The van der Waals surface area contributed by atoms with Gasteiger partial charge in [0.05, 0.1) is 11.4 Å². The highest BCUT2D eigenvalue weighted by Gasteiger charge is 2.27. The van der Waals surface area contributed by atoms with Crippen molar-refractivity contribution in [2.24, 2.45) is 5.92 Å². The van der Waals surface area contributed by atoms with Crippen LogP contribution in [0.4, 0.5) is 11.4 Å². The van der Waals surface area contributed by atoms with Gasteiger partial charge in [-0.2, -0.15) is 0 Å². The Labute approximate surface area is 85.9 Å². The van der Waals surface area contributed by atoms with Crippen molar-refractivity contribution in [1.29, 1.82) is 0 Å². The third-order valence-electron chi connectivity index (χ3n) is 2.88. The molecule has 2 rings (SSSR count). The predicted octanol–water partition coefficient (Wildman–Crippen LogP) is 2.84. The standard InChI is InChI=1S/C12H18N2/c1-8(2)12-13-10-7-9(3)5-6-11(10)14(12)4/h5-8,12-13H,1-4H3. The third-order valence-corrected chi connectivity index (χ3v) is 2.88. The van der Waals surface area contributed by atoms with Gasteiger partial charge >= 0.3 is 0 Å². The van der Waals surface area contributed by atoms with Crippen LogP contribution in [0.1, 0.15) is 19.4 Å². The number of hydrogen-bond acceptors (Lipinski definition) is 2. The molecule has 1 aromatic rings. The van der Waals surface area contributed by atoms with Gasteiger partial charge in [0.1, 0.15) is 6.17 Å². The van der Waals surface area contributed by atoms with Crippen molar-refractivity contribution in [3.05, 3.63) is 23.8 Å². The second-order valence-corrected chi connectivity index (χ2v) is 4.46. The lowest BCUT2D eigenvalue weighted by molar-refractivity contribution is 0.530. The minimum atomic E-state index is 0.437. The Morgan fingerprint density at radius 1 is 1.36 bits per heavy atom. The molecule has 0 amide bonds. The van der Waals surface area contributed by atoms with E-state index < -0.39 is 0 Å². The van der Waals surface area contributed by atoms with Crippen molar-refractivity contribution >= 4 is 11.4 Å². The van der Waals surface area contributed by atoms with Crippen molar-refractivity contribution in [3.63, 3.8) is 0 Å². The van der Waals surface area contributed by atoms with E-state index in [9.17, 15) is 0 Å². The molecule has 1 aliphatic heterocycles. The molecule has 14 heavy (non-hydrogen) atoms. The third kappa shape index (κ3) is 1.35. The maximum atomic E-state index is 3.55. The summed E-state index contributed by atoms with van der Waals surface area (Å²) >= 11 is 0. The molecule has 0 fully saturated rings. The number of aryl methyl sites for hydroxylation is 1. The van der Waals surface area contributed by atoms with E-state index in [0.29, 0.717) is 12.1 Å². The molecular formula is C12H18N2. The van der Waals surface area contributed by atoms with Gasteiger partial charge < -0.3 is 10.2 Å². The summed E-state index contributed by atoms with van der Waals surface area (Å²) in [5, 5.41) is 3.55. The summed E-state index contributed by atoms with van der Waals surface area (Å²) in [7, 11) is 2.15. The van der Waals surface area contributed by atoms with E-state index in [4.69, 9.17) is 0 Å². The fourth-order valence-electron chi connectivity index (χ4n) is 2.09. The summed E-state index contributed by atoms with van der Waals surface area (Å²) in [6.45, 7) is 6.62. The molecule has 1 unspecified atom stereocenters. The molecule has 1 atom stereocenters.